The second-order valence-corrected chi connectivity index (χ2v) is 6.17. The maximum absolute atomic E-state index is 12.6. The Bertz CT molecular complexity index is 930. The van der Waals surface area contributed by atoms with Crippen LogP contribution in [0.5, 0.6) is 0 Å². The van der Waals surface area contributed by atoms with Crippen molar-refractivity contribution in [3.05, 3.63) is 76.5 Å². The Morgan fingerprint density at radius 3 is 2.77 bits per heavy atom. The molecule has 0 radical (unpaired) electrons. The van der Waals surface area contributed by atoms with Gasteiger partial charge in [-0.05, 0) is 43.2 Å². The molecule has 0 bridgehead atoms. The van der Waals surface area contributed by atoms with Crippen molar-refractivity contribution in [1.29, 1.82) is 0 Å². The molecule has 0 aliphatic rings. The van der Waals surface area contributed by atoms with Crippen molar-refractivity contribution in [2.24, 2.45) is 0 Å². The van der Waals surface area contributed by atoms with E-state index in [2.05, 4.69) is 25.6 Å². The average Bonchev–Trinajstić information content (AvgIpc) is 2.64. The number of hydrogen-bond acceptors (Lipinski definition) is 5. The summed E-state index contributed by atoms with van der Waals surface area (Å²) in [5, 5.41) is 6.63. The SMILES string of the molecule is Cc1nc(NCc2cccnc2)cc(C(=O)Nc2cccc(Cl)c2C)n1. The Balaban J connectivity index is 1.76. The minimum absolute atomic E-state index is 0.283. The minimum Gasteiger partial charge on any atom is -0.366 e. The number of halogens is 1. The number of carbonyl (C=O) groups is 1. The van der Waals surface area contributed by atoms with Gasteiger partial charge in [0.15, 0.2) is 0 Å². The van der Waals surface area contributed by atoms with Gasteiger partial charge in [0, 0.05) is 35.7 Å². The number of hydrogen-bond donors (Lipinski definition) is 2. The summed E-state index contributed by atoms with van der Waals surface area (Å²) in [4.78, 5) is 25.2. The molecule has 0 fully saturated rings. The van der Waals surface area contributed by atoms with Crippen molar-refractivity contribution in [2.75, 3.05) is 10.6 Å². The van der Waals surface area contributed by atoms with Gasteiger partial charge >= 0.3 is 0 Å². The number of pyridine rings is 1. The van der Waals surface area contributed by atoms with E-state index in [9.17, 15) is 4.79 Å². The highest BCUT2D eigenvalue weighted by Gasteiger charge is 2.13. The molecule has 0 atom stereocenters. The van der Waals surface area contributed by atoms with Crippen molar-refractivity contribution >= 4 is 29.0 Å². The Kier molecular flexibility index (Phi) is 5.43. The lowest BCUT2D eigenvalue weighted by atomic mass is 10.2. The number of anilines is 2. The predicted octanol–water partition coefficient (Wildman–Crippen LogP) is 4.01. The van der Waals surface area contributed by atoms with Gasteiger partial charge < -0.3 is 10.6 Å². The number of nitrogens with zero attached hydrogens (tertiary/aromatic N) is 3. The highest BCUT2D eigenvalue weighted by molar-refractivity contribution is 6.31. The maximum atomic E-state index is 12.6. The number of aryl methyl sites for hydroxylation is 1. The second kappa shape index (κ2) is 7.93. The van der Waals surface area contributed by atoms with Crippen molar-refractivity contribution in [3.8, 4) is 0 Å². The molecule has 0 aliphatic carbocycles. The van der Waals surface area contributed by atoms with Crippen molar-refractivity contribution < 1.29 is 4.79 Å². The fourth-order valence-electron chi connectivity index (χ4n) is 2.40. The molecule has 132 valence electrons. The van der Waals surface area contributed by atoms with Crippen molar-refractivity contribution in [2.45, 2.75) is 20.4 Å². The lowest BCUT2D eigenvalue weighted by Gasteiger charge is -2.11. The van der Waals surface area contributed by atoms with Crippen LogP contribution in [0.2, 0.25) is 5.02 Å². The first-order valence-electron chi connectivity index (χ1n) is 8.08. The molecule has 3 rings (SSSR count). The van der Waals surface area contributed by atoms with Crippen LogP contribution in [-0.4, -0.2) is 20.9 Å². The highest BCUT2D eigenvalue weighted by Crippen LogP contribution is 2.23. The molecule has 0 unspecified atom stereocenters. The fraction of sp³-hybridized carbons (Fsp3) is 0.158. The lowest BCUT2D eigenvalue weighted by molar-refractivity contribution is 0.102. The molecule has 0 saturated heterocycles. The zero-order valence-corrected chi connectivity index (χ0v) is 15.2. The average molecular weight is 368 g/mol. The number of benzene rings is 1. The topological polar surface area (TPSA) is 79.8 Å². The quantitative estimate of drug-likeness (QED) is 0.712. The van der Waals surface area contributed by atoms with Gasteiger partial charge in [0.2, 0.25) is 0 Å². The van der Waals surface area contributed by atoms with E-state index in [1.807, 2.05) is 19.1 Å². The third-order valence-electron chi connectivity index (χ3n) is 3.78. The first-order valence-corrected chi connectivity index (χ1v) is 8.45. The summed E-state index contributed by atoms with van der Waals surface area (Å²) in [5.41, 5.74) is 2.77. The standard InChI is InChI=1S/C19H18ClN5O/c1-12-15(20)6-3-7-16(12)25-19(26)17-9-18(24-13(2)23-17)22-11-14-5-4-8-21-10-14/h3-10H,11H2,1-2H3,(H,25,26)(H,22,23,24). The number of aromatic nitrogens is 3. The summed E-state index contributed by atoms with van der Waals surface area (Å²) >= 11 is 6.10. The van der Waals surface area contributed by atoms with Crippen LogP contribution in [0.4, 0.5) is 11.5 Å². The predicted molar refractivity (Wildman–Crippen MR) is 102 cm³/mol. The third-order valence-corrected chi connectivity index (χ3v) is 4.19. The zero-order chi connectivity index (χ0) is 18.5. The van der Waals surface area contributed by atoms with Crippen LogP contribution < -0.4 is 10.6 Å². The minimum atomic E-state index is -0.315. The molecule has 2 aromatic heterocycles. The molecule has 2 heterocycles. The summed E-state index contributed by atoms with van der Waals surface area (Å²) < 4.78 is 0. The Morgan fingerprint density at radius 2 is 2.00 bits per heavy atom. The summed E-state index contributed by atoms with van der Waals surface area (Å²) in [5.74, 6) is 0.772. The van der Waals surface area contributed by atoms with E-state index in [4.69, 9.17) is 11.6 Å². The summed E-state index contributed by atoms with van der Waals surface area (Å²) in [7, 11) is 0. The van der Waals surface area contributed by atoms with Gasteiger partial charge in [0.1, 0.15) is 17.3 Å². The number of nitrogens with one attached hydrogen (secondary N) is 2. The lowest BCUT2D eigenvalue weighted by Crippen LogP contribution is -2.16. The van der Waals surface area contributed by atoms with Crippen molar-refractivity contribution in [1.82, 2.24) is 15.0 Å². The number of amides is 1. The molecule has 3 aromatic rings. The van der Waals surface area contributed by atoms with E-state index >= 15 is 0 Å². The van der Waals surface area contributed by atoms with Crippen LogP contribution in [-0.2, 0) is 6.54 Å². The van der Waals surface area contributed by atoms with E-state index < -0.39 is 0 Å². The smallest absolute Gasteiger partial charge is 0.274 e. The van der Waals surface area contributed by atoms with Gasteiger partial charge in [0.25, 0.3) is 5.91 Å². The van der Waals surface area contributed by atoms with Crippen LogP contribution in [0.15, 0.2) is 48.8 Å². The Morgan fingerprint density at radius 1 is 1.15 bits per heavy atom. The molecule has 0 spiro atoms. The zero-order valence-electron chi connectivity index (χ0n) is 14.5. The summed E-state index contributed by atoms with van der Waals surface area (Å²) in [6, 6.07) is 10.8. The van der Waals surface area contributed by atoms with Gasteiger partial charge in [-0.25, -0.2) is 9.97 Å². The third kappa shape index (κ3) is 4.34. The van der Waals surface area contributed by atoms with Gasteiger partial charge in [-0.3, -0.25) is 9.78 Å². The van der Waals surface area contributed by atoms with E-state index in [0.717, 1.165) is 11.1 Å². The Hall–Kier alpha value is -2.99. The normalized spacial score (nSPS) is 10.4. The fourth-order valence-corrected chi connectivity index (χ4v) is 2.57. The Labute approximate surface area is 156 Å². The van der Waals surface area contributed by atoms with Crippen molar-refractivity contribution in [3.63, 3.8) is 0 Å². The van der Waals surface area contributed by atoms with E-state index in [1.54, 1.807) is 43.6 Å². The maximum Gasteiger partial charge on any atom is 0.274 e. The van der Waals surface area contributed by atoms with Crippen LogP contribution in [0.1, 0.15) is 27.4 Å². The molecule has 6 nitrogen and oxygen atoms in total. The van der Waals surface area contributed by atoms with Crippen LogP contribution >= 0.6 is 11.6 Å². The molecule has 1 aromatic carbocycles. The largest absolute Gasteiger partial charge is 0.366 e. The molecule has 0 aliphatic heterocycles. The van der Waals surface area contributed by atoms with Gasteiger partial charge in [0.05, 0.1) is 0 Å². The number of rotatable bonds is 5. The molecule has 26 heavy (non-hydrogen) atoms. The molecular formula is C19H18ClN5O. The van der Waals surface area contributed by atoms with Gasteiger partial charge in [-0.15, -0.1) is 0 Å². The monoisotopic (exact) mass is 367 g/mol. The molecular weight excluding hydrogens is 350 g/mol. The van der Waals surface area contributed by atoms with E-state index in [1.165, 1.54) is 0 Å². The molecule has 1 amide bonds. The molecule has 2 N–H and O–H groups in total. The van der Waals surface area contributed by atoms with E-state index in [-0.39, 0.29) is 11.6 Å². The van der Waals surface area contributed by atoms with E-state index in [0.29, 0.717) is 28.9 Å². The van der Waals surface area contributed by atoms with Gasteiger partial charge in [-0.1, -0.05) is 23.7 Å². The number of carbonyl (C=O) groups excluding carboxylic acids is 1. The first-order chi connectivity index (χ1) is 12.5. The molecule has 0 saturated carbocycles. The van der Waals surface area contributed by atoms with Crippen LogP contribution in [0, 0.1) is 13.8 Å². The highest BCUT2D eigenvalue weighted by atomic mass is 35.5. The van der Waals surface area contributed by atoms with Crippen LogP contribution in [0.25, 0.3) is 0 Å². The first kappa shape index (κ1) is 17.8. The summed E-state index contributed by atoms with van der Waals surface area (Å²) in [6.07, 6.45) is 3.50. The second-order valence-electron chi connectivity index (χ2n) is 5.77. The molecule has 7 heteroatoms. The summed E-state index contributed by atoms with van der Waals surface area (Å²) in [6.45, 7) is 4.15. The van der Waals surface area contributed by atoms with Crippen LogP contribution in [0.3, 0.4) is 0 Å². The van der Waals surface area contributed by atoms with Gasteiger partial charge in [-0.2, -0.15) is 0 Å².